The number of carbonyl (C=O) groups excluding carboxylic acids is 1. The lowest BCUT2D eigenvalue weighted by molar-refractivity contribution is -0.134. The molecule has 0 aromatic heterocycles. The Morgan fingerprint density at radius 3 is 2.71 bits per heavy atom. The minimum atomic E-state index is 0.0331. The van der Waals surface area contributed by atoms with E-state index in [-0.39, 0.29) is 23.2 Å². The second-order valence-electron chi connectivity index (χ2n) is 6.46. The van der Waals surface area contributed by atoms with Crippen LogP contribution in [0.3, 0.4) is 0 Å². The molecule has 3 atom stereocenters. The molecule has 0 radical (unpaired) electrons. The van der Waals surface area contributed by atoms with E-state index in [2.05, 4.69) is 24.3 Å². The molecule has 3 heteroatoms. The van der Waals surface area contributed by atoms with Crippen molar-refractivity contribution < 1.29 is 4.79 Å². The van der Waals surface area contributed by atoms with Crippen molar-refractivity contribution in [2.75, 3.05) is 7.05 Å². The van der Waals surface area contributed by atoms with Crippen molar-refractivity contribution in [2.45, 2.75) is 62.3 Å². The van der Waals surface area contributed by atoms with Crippen molar-refractivity contribution in [3.8, 4) is 0 Å². The summed E-state index contributed by atoms with van der Waals surface area (Å²) in [5.74, 6) is 0.297. The first-order valence-electron chi connectivity index (χ1n) is 8.17. The molecule has 2 aliphatic rings. The number of hydrogen-bond donors (Lipinski definition) is 0. The number of alkyl halides is 1. The van der Waals surface area contributed by atoms with Crippen LogP contribution >= 0.6 is 11.6 Å². The Hall–Kier alpha value is -1.02. The van der Waals surface area contributed by atoms with Gasteiger partial charge in [0.05, 0.1) is 11.3 Å². The molecule has 3 unspecified atom stereocenters. The standard InChI is InChI=1S/C18H24ClNO/c1-20(17-12-5-4-11-16(17)19)18(21)15-10-6-8-13-7-2-3-9-14(13)15/h2-3,7,9,15-17H,4-6,8,10-12H2,1H3. The number of halogens is 1. The summed E-state index contributed by atoms with van der Waals surface area (Å²) < 4.78 is 0. The smallest absolute Gasteiger partial charge is 0.230 e. The van der Waals surface area contributed by atoms with E-state index in [9.17, 15) is 4.79 Å². The molecule has 1 saturated carbocycles. The lowest BCUT2D eigenvalue weighted by atomic mass is 9.81. The molecule has 0 bridgehead atoms. The maximum absolute atomic E-state index is 13.0. The minimum Gasteiger partial charge on any atom is -0.341 e. The normalized spacial score (nSPS) is 28.8. The van der Waals surface area contributed by atoms with Crippen LogP contribution in [0.2, 0.25) is 0 Å². The molecular formula is C18H24ClNO. The van der Waals surface area contributed by atoms with Crippen LogP contribution in [0, 0.1) is 0 Å². The van der Waals surface area contributed by atoms with E-state index in [4.69, 9.17) is 11.6 Å². The summed E-state index contributed by atoms with van der Waals surface area (Å²) in [6, 6.07) is 8.63. The molecule has 1 fully saturated rings. The van der Waals surface area contributed by atoms with Gasteiger partial charge in [-0.1, -0.05) is 37.1 Å². The molecule has 1 amide bonds. The largest absolute Gasteiger partial charge is 0.341 e. The monoisotopic (exact) mass is 305 g/mol. The molecular weight excluding hydrogens is 282 g/mol. The Balaban J connectivity index is 1.79. The number of fused-ring (bicyclic) bond motifs is 1. The first-order valence-corrected chi connectivity index (χ1v) is 8.60. The van der Waals surface area contributed by atoms with Crippen LogP contribution in [0.4, 0.5) is 0 Å². The van der Waals surface area contributed by atoms with Gasteiger partial charge in [-0.25, -0.2) is 0 Å². The maximum Gasteiger partial charge on any atom is 0.230 e. The van der Waals surface area contributed by atoms with E-state index < -0.39 is 0 Å². The summed E-state index contributed by atoms with van der Waals surface area (Å²) in [6.07, 6.45) is 7.64. The van der Waals surface area contributed by atoms with Gasteiger partial charge >= 0.3 is 0 Å². The number of benzene rings is 1. The summed E-state index contributed by atoms with van der Waals surface area (Å²) in [5.41, 5.74) is 2.59. The number of aryl methyl sites for hydroxylation is 1. The Morgan fingerprint density at radius 1 is 1.14 bits per heavy atom. The van der Waals surface area contributed by atoms with E-state index in [1.54, 1.807) is 0 Å². The second kappa shape index (κ2) is 6.39. The second-order valence-corrected chi connectivity index (χ2v) is 7.02. The highest BCUT2D eigenvalue weighted by Gasteiger charge is 2.34. The lowest BCUT2D eigenvalue weighted by Crippen LogP contribution is -2.46. The van der Waals surface area contributed by atoms with E-state index in [1.165, 1.54) is 24.0 Å². The summed E-state index contributed by atoms with van der Waals surface area (Å²) in [4.78, 5) is 14.9. The van der Waals surface area contributed by atoms with Crippen LogP contribution in [0.1, 0.15) is 55.6 Å². The van der Waals surface area contributed by atoms with Crippen molar-refractivity contribution in [3.63, 3.8) is 0 Å². The van der Waals surface area contributed by atoms with E-state index in [0.717, 1.165) is 32.1 Å². The predicted octanol–water partition coefficient (Wildman–Crippen LogP) is 4.11. The van der Waals surface area contributed by atoms with E-state index in [0.29, 0.717) is 0 Å². The number of likely N-dealkylation sites (N-methyl/N-ethyl adjacent to an activating group) is 1. The summed E-state index contributed by atoms with van der Waals surface area (Å²) in [7, 11) is 1.95. The van der Waals surface area contributed by atoms with Crippen LogP contribution < -0.4 is 0 Å². The van der Waals surface area contributed by atoms with Crippen LogP contribution in [-0.2, 0) is 11.2 Å². The third-order valence-corrected chi connectivity index (χ3v) is 5.67. The minimum absolute atomic E-state index is 0.0331. The summed E-state index contributed by atoms with van der Waals surface area (Å²) in [5, 5.41) is 0.117. The maximum atomic E-state index is 13.0. The van der Waals surface area contributed by atoms with Crippen LogP contribution in [-0.4, -0.2) is 29.3 Å². The Kier molecular flexibility index (Phi) is 4.54. The highest BCUT2D eigenvalue weighted by molar-refractivity contribution is 6.21. The first-order chi connectivity index (χ1) is 10.2. The zero-order valence-electron chi connectivity index (χ0n) is 12.7. The van der Waals surface area contributed by atoms with Crippen molar-refractivity contribution in [1.82, 2.24) is 4.90 Å². The molecule has 2 aliphatic carbocycles. The van der Waals surface area contributed by atoms with Crippen LogP contribution in [0.5, 0.6) is 0 Å². The average Bonchev–Trinajstić information content (AvgIpc) is 2.53. The first kappa shape index (κ1) is 14.9. The van der Waals surface area contributed by atoms with Gasteiger partial charge in [-0.05, 0) is 43.2 Å². The Labute approximate surface area is 132 Å². The van der Waals surface area contributed by atoms with Crippen molar-refractivity contribution in [1.29, 1.82) is 0 Å². The predicted molar refractivity (Wildman–Crippen MR) is 86.8 cm³/mol. The molecule has 0 spiro atoms. The third kappa shape index (κ3) is 2.96. The lowest BCUT2D eigenvalue weighted by Gasteiger charge is -2.38. The SMILES string of the molecule is CN(C(=O)C1CCCc2ccccc21)C1CCCCC1Cl. The van der Waals surface area contributed by atoms with Gasteiger partial charge in [0.1, 0.15) is 0 Å². The fourth-order valence-corrected chi connectivity index (χ4v) is 4.37. The van der Waals surface area contributed by atoms with E-state index >= 15 is 0 Å². The third-order valence-electron chi connectivity index (χ3n) is 5.16. The molecule has 2 nitrogen and oxygen atoms in total. The van der Waals surface area contributed by atoms with Gasteiger partial charge in [0, 0.05) is 13.1 Å². The molecule has 0 heterocycles. The number of nitrogens with zero attached hydrogens (tertiary/aromatic N) is 1. The molecule has 0 aliphatic heterocycles. The number of carbonyl (C=O) groups is 1. The Morgan fingerprint density at radius 2 is 1.90 bits per heavy atom. The molecule has 0 saturated heterocycles. The van der Waals surface area contributed by atoms with Gasteiger partial charge in [0.15, 0.2) is 0 Å². The van der Waals surface area contributed by atoms with Crippen molar-refractivity contribution in [3.05, 3.63) is 35.4 Å². The topological polar surface area (TPSA) is 20.3 Å². The molecule has 114 valence electrons. The number of hydrogen-bond acceptors (Lipinski definition) is 1. The fraction of sp³-hybridized carbons (Fsp3) is 0.611. The van der Waals surface area contributed by atoms with Crippen molar-refractivity contribution in [2.24, 2.45) is 0 Å². The molecule has 1 aromatic rings. The molecule has 21 heavy (non-hydrogen) atoms. The van der Waals surface area contributed by atoms with Gasteiger partial charge in [-0.2, -0.15) is 0 Å². The zero-order chi connectivity index (χ0) is 14.8. The van der Waals surface area contributed by atoms with Gasteiger partial charge < -0.3 is 4.90 Å². The Bertz CT molecular complexity index is 516. The fourth-order valence-electron chi connectivity index (χ4n) is 3.92. The van der Waals surface area contributed by atoms with Crippen molar-refractivity contribution >= 4 is 17.5 Å². The van der Waals surface area contributed by atoms with Gasteiger partial charge in [-0.15, -0.1) is 11.6 Å². The number of amides is 1. The molecule has 3 rings (SSSR count). The number of rotatable bonds is 2. The summed E-state index contributed by atoms with van der Waals surface area (Å²) in [6.45, 7) is 0. The highest BCUT2D eigenvalue weighted by atomic mass is 35.5. The average molecular weight is 306 g/mol. The van der Waals surface area contributed by atoms with Crippen LogP contribution in [0.25, 0.3) is 0 Å². The van der Waals surface area contributed by atoms with Crippen LogP contribution in [0.15, 0.2) is 24.3 Å². The van der Waals surface area contributed by atoms with Gasteiger partial charge in [0.25, 0.3) is 0 Å². The highest BCUT2D eigenvalue weighted by Crippen LogP contribution is 2.35. The zero-order valence-corrected chi connectivity index (χ0v) is 13.5. The van der Waals surface area contributed by atoms with Gasteiger partial charge in [0.2, 0.25) is 5.91 Å². The quantitative estimate of drug-likeness (QED) is 0.753. The molecule has 0 N–H and O–H groups in total. The van der Waals surface area contributed by atoms with Gasteiger partial charge in [-0.3, -0.25) is 4.79 Å². The molecule has 1 aromatic carbocycles. The van der Waals surface area contributed by atoms with E-state index in [1.807, 2.05) is 11.9 Å². The summed E-state index contributed by atoms with van der Waals surface area (Å²) >= 11 is 6.47.